The van der Waals surface area contributed by atoms with Crippen LogP contribution in [0.2, 0.25) is 5.02 Å². The van der Waals surface area contributed by atoms with E-state index in [0.717, 1.165) is 0 Å². The summed E-state index contributed by atoms with van der Waals surface area (Å²) in [5, 5.41) is 9.43. The molecule has 0 unspecified atom stereocenters. The number of carboxylic acids is 1. The topological polar surface area (TPSA) is 83.0 Å². The van der Waals surface area contributed by atoms with Crippen LogP contribution >= 0.6 is 11.6 Å². The highest BCUT2D eigenvalue weighted by molar-refractivity contribution is 6.31. The highest BCUT2D eigenvalue weighted by Crippen LogP contribution is 2.14. The minimum absolute atomic E-state index is 0.118. The first-order chi connectivity index (χ1) is 7.56. The summed E-state index contributed by atoms with van der Waals surface area (Å²) < 4.78 is 0. The molecule has 0 aliphatic rings. The van der Waals surface area contributed by atoms with Gasteiger partial charge in [0.05, 0.1) is 10.9 Å². The van der Waals surface area contributed by atoms with Gasteiger partial charge >= 0.3 is 5.97 Å². The first kappa shape index (κ1) is 10.6. The molecule has 2 rings (SSSR count). The van der Waals surface area contributed by atoms with Crippen molar-refractivity contribution >= 4 is 28.5 Å². The Hall–Kier alpha value is -1.88. The smallest absolute Gasteiger partial charge is 0.311 e. The van der Waals surface area contributed by atoms with E-state index in [-0.39, 0.29) is 17.8 Å². The summed E-state index contributed by atoms with van der Waals surface area (Å²) in [4.78, 5) is 28.5. The van der Waals surface area contributed by atoms with Gasteiger partial charge in [-0.25, -0.2) is 4.98 Å². The van der Waals surface area contributed by atoms with Crippen molar-refractivity contribution in [2.75, 3.05) is 0 Å². The highest BCUT2D eigenvalue weighted by atomic mass is 35.5. The Balaban J connectivity index is 2.65. The standard InChI is InChI=1S/C10H7ClN2O3/c11-5-1-2-6-7(3-5)12-8(4-9(14)15)13-10(6)16/h1-3H,4H2,(H,14,15)(H,12,13,16). The number of carboxylic acid groups (broad SMARTS) is 1. The van der Waals surface area contributed by atoms with Gasteiger partial charge in [0.2, 0.25) is 0 Å². The first-order valence-corrected chi connectivity index (χ1v) is 4.84. The first-order valence-electron chi connectivity index (χ1n) is 4.46. The van der Waals surface area contributed by atoms with Gasteiger partial charge < -0.3 is 10.1 Å². The van der Waals surface area contributed by atoms with Gasteiger partial charge in [0.1, 0.15) is 12.2 Å². The van der Waals surface area contributed by atoms with Crippen molar-refractivity contribution in [3.05, 3.63) is 39.4 Å². The van der Waals surface area contributed by atoms with E-state index < -0.39 is 5.97 Å². The van der Waals surface area contributed by atoms with Crippen LogP contribution in [0.1, 0.15) is 5.82 Å². The number of H-pyrrole nitrogens is 1. The number of benzene rings is 1. The van der Waals surface area contributed by atoms with E-state index >= 15 is 0 Å². The van der Waals surface area contributed by atoms with Crippen LogP contribution < -0.4 is 5.56 Å². The van der Waals surface area contributed by atoms with Crippen LogP contribution in [0.25, 0.3) is 10.9 Å². The molecule has 2 N–H and O–H groups in total. The molecule has 0 aliphatic carbocycles. The molecule has 1 aromatic carbocycles. The molecule has 0 saturated heterocycles. The third kappa shape index (κ3) is 2.04. The second kappa shape index (κ2) is 3.94. The summed E-state index contributed by atoms with van der Waals surface area (Å²) in [6.45, 7) is 0. The molecule has 5 nitrogen and oxygen atoms in total. The minimum atomic E-state index is -1.05. The lowest BCUT2D eigenvalue weighted by Gasteiger charge is -2.00. The third-order valence-electron chi connectivity index (χ3n) is 2.04. The summed E-state index contributed by atoms with van der Waals surface area (Å²) in [6.07, 6.45) is -0.322. The Labute approximate surface area is 94.7 Å². The molecule has 1 aromatic heterocycles. The van der Waals surface area contributed by atoms with E-state index in [9.17, 15) is 9.59 Å². The summed E-state index contributed by atoms with van der Waals surface area (Å²) >= 11 is 5.76. The second-order valence-corrected chi connectivity index (χ2v) is 3.68. The van der Waals surface area contributed by atoms with E-state index in [1.165, 1.54) is 6.07 Å². The minimum Gasteiger partial charge on any atom is -0.481 e. The number of hydrogen-bond acceptors (Lipinski definition) is 3. The number of rotatable bonds is 2. The quantitative estimate of drug-likeness (QED) is 0.824. The Kier molecular flexibility index (Phi) is 2.62. The van der Waals surface area contributed by atoms with E-state index in [4.69, 9.17) is 16.7 Å². The van der Waals surface area contributed by atoms with E-state index in [2.05, 4.69) is 9.97 Å². The Morgan fingerprint density at radius 1 is 1.50 bits per heavy atom. The Morgan fingerprint density at radius 3 is 2.94 bits per heavy atom. The van der Waals surface area contributed by atoms with Crippen LogP contribution in [0, 0.1) is 0 Å². The molecule has 0 fully saturated rings. The summed E-state index contributed by atoms with van der Waals surface area (Å²) in [7, 11) is 0. The summed E-state index contributed by atoms with van der Waals surface area (Å²) in [5.74, 6) is -0.934. The van der Waals surface area contributed by atoms with Crippen molar-refractivity contribution in [2.45, 2.75) is 6.42 Å². The summed E-state index contributed by atoms with van der Waals surface area (Å²) in [6, 6.07) is 4.66. The van der Waals surface area contributed by atoms with Gasteiger partial charge in [0, 0.05) is 5.02 Å². The van der Waals surface area contributed by atoms with Crippen LogP contribution in [0.15, 0.2) is 23.0 Å². The lowest BCUT2D eigenvalue weighted by molar-refractivity contribution is -0.136. The molecule has 0 radical (unpaired) electrons. The maximum absolute atomic E-state index is 11.6. The SMILES string of the molecule is O=C(O)Cc1nc2cc(Cl)ccc2c(=O)[nH]1. The van der Waals surface area contributed by atoms with Gasteiger partial charge in [0.25, 0.3) is 5.56 Å². The zero-order valence-electron chi connectivity index (χ0n) is 8.03. The molecule has 0 aliphatic heterocycles. The van der Waals surface area contributed by atoms with Crippen molar-refractivity contribution < 1.29 is 9.90 Å². The lowest BCUT2D eigenvalue weighted by atomic mass is 10.2. The average molecular weight is 239 g/mol. The zero-order valence-corrected chi connectivity index (χ0v) is 8.78. The number of halogens is 1. The number of hydrogen-bond donors (Lipinski definition) is 2. The van der Waals surface area contributed by atoms with Crippen molar-refractivity contribution in [3.8, 4) is 0 Å². The third-order valence-corrected chi connectivity index (χ3v) is 2.27. The molecule has 0 saturated carbocycles. The van der Waals surface area contributed by atoms with Crippen LogP contribution in [0.4, 0.5) is 0 Å². The van der Waals surface area contributed by atoms with E-state index in [1.54, 1.807) is 12.1 Å². The largest absolute Gasteiger partial charge is 0.481 e. The van der Waals surface area contributed by atoms with Gasteiger partial charge in [-0.1, -0.05) is 11.6 Å². The number of aliphatic carboxylic acids is 1. The van der Waals surface area contributed by atoms with Crippen molar-refractivity contribution in [1.82, 2.24) is 9.97 Å². The number of aromatic amines is 1. The molecule has 0 atom stereocenters. The fourth-order valence-electron chi connectivity index (χ4n) is 1.39. The monoisotopic (exact) mass is 238 g/mol. The molecule has 0 amide bonds. The molecule has 0 bridgehead atoms. The van der Waals surface area contributed by atoms with Crippen molar-refractivity contribution in [2.24, 2.45) is 0 Å². The van der Waals surface area contributed by atoms with Gasteiger partial charge in [-0.2, -0.15) is 0 Å². The molecular formula is C10H7ClN2O3. The fourth-order valence-corrected chi connectivity index (χ4v) is 1.55. The predicted octanol–water partition coefficient (Wildman–Crippen LogP) is 1.20. The molecule has 6 heteroatoms. The molecule has 16 heavy (non-hydrogen) atoms. The molecule has 0 spiro atoms. The van der Waals surface area contributed by atoms with E-state index in [1.807, 2.05) is 0 Å². The number of nitrogens with zero attached hydrogens (tertiary/aromatic N) is 1. The normalized spacial score (nSPS) is 10.6. The second-order valence-electron chi connectivity index (χ2n) is 3.24. The fraction of sp³-hybridized carbons (Fsp3) is 0.100. The maximum atomic E-state index is 11.6. The maximum Gasteiger partial charge on any atom is 0.311 e. The zero-order chi connectivity index (χ0) is 11.7. The Bertz CT molecular complexity index is 621. The van der Waals surface area contributed by atoms with Crippen LogP contribution in [-0.4, -0.2) is 21.0 Å². The molecular weight excluding hydrogens is 232 g/mol. The van der Waals surface area contributed by atoms with Crippen LogP contribution in [0.5, 0.6) is 0 Å². The Morgan fingerprint density at radius 2 is 2.25 bits per heavy atom. The number of nitrogens with one attached hydrogen (secondary N) is 1. The van der Waals surface area contributed by atoms with Gasteiger partial charge in [-0.3, -0.25) is 9.59 Å². The molecule has 2 aromatic rings. The van der Waals surface area contributed by atoms with Crippen LogP contribution in [0.3, 0.4) is 0 Å². The number of carbonyl (C=O) groups is 1. The number of aromatic nitrogens is 2. The van der Waals surface area contributed by atoms with Gasteiger partial charge in [-0.05, 0) is 18.2 Å². The van der Waals surface area contributed by atoms with Crippen molar-refractivity contribution in [3.63, 3.8) is 0 Å². The van der Waals surface area contributed by atoms with Gasteiger partial charge in [-0.15, -0.1) is 0 Å². The van der Waals surface area contributed by atoms with Gasteiger partial charge in [0.15, 0.2) is 0 Å². The highest BCUT2D eigenvalue weighted by Gasteiger charge is 2.07. The van der Waals surface area contributed by atoms with E-state index in [0.29, 0.717) is 15.9 Å². The van der Waals surface area contributed by atoms with Crippen molar-refractivity contribution in [1.29, 1.82) is 0 Å². The number of fused-ring (bicyclic) bond motifs is 1. The molecule has 82 valence electrons. The average Bonchev–Trinajstić information content (AvgIpc) is 2.15. The predicted molar refractivity (Wildman–Crippen MR) is 58.7 cm³/mol. The molecule has 1 heterocycles. The van der Waals surface area contributed by atoms with Crippen LogP contribution in [-0.2, 0) is 11.2 Å². The summed E-state index contributed by atoms with van der Waals surface area (Å²) in [5.41, 5.74) is 0.0328. The lowest BCUT2D eigenvalue weighted by Crippen LogP contribution is -2.14.